The van der Waals surface area contributed by atoms with Gasteiger partial charge in [-0.25, -0.2) is 4.79 Å². The van der Waals surface area contributed by atoms with Crippen molar-refractivity contribution in [1.82, 2.24) is 0 Å². The number of carbonyl (C=O) groups is 1. The Bertz CT molecular complexity index is 441. The smallest absolute Gasteiger partial charge is 0.330 e. The van der Waals surface area contributed by atoms with Crippen LogP contribution in [0.2, 0.25) is 0 Å². The van der Waals surface area contributed by atoms with Crippen molar-refractivity contribution in [3.8, 4) is 6.07 Å². The predicted octanol–water partition coefficient (Wildman–Crippen LogP) is 2.05. The lowest BCUT2D eigenvalue weighted by Gasteiger charge is -2.01. The number of nitrogens with zero attached hydrogens (tertiary/aromatic N) is 1. The fraction of sp³-hybridized carbons (Fsp3) is 0.167. The Morgan fingerprint density at radius 1 is 1.53 bits per heavy atom. The number of methoxy groups -OCH3 is 1. The second-order valence-corrected chi connectivity index (χ2v) is 2.99. The maximum atomic E-state index is 10.9. The van der Waals surface area contributed by atoms with Gasteiger partial charge in [0, 0.05) is 6.08 Å². The van der Waals surface area contributed by atoms with Crippen LogP contribution in [0.5, 0.6) is 0 Å². The van der Waals surface area contributed by atoms with Gasteiger partial charge in [-0.05, 0) is 30.2 Å². The topological polar surface area (TPSA) is 50.1 Å². The maximum absolute atomic E-state index is 10.9. The van der Waals surface area contributed by atoms with E-state index in [1.165, 1.54) is 13.2 Å². The third-order valence-corrected chi connectivity index (χ3v) is 2.10. The molecule has 0 spiro atoms. The number of carbonyl (C=O) groups excluding carboxylic acids is 1. The van der Waals surface area contributed by atoms with Gasteiger partial charge in [0.1, 0.15) is 0 Å². The molecule has 0 bridgehead atoms. The average molecular weight is 201 g/mol. The summed E-state index contributed by atoms with van der Waals surface area (Å²) in [4.78, 5) is 10.9. The van der Waals surface area contributed by atoms with Crippen LogP contribution in [0.3, 0.4) is 0 Å². The van der Waals surface area contributed by atoms with Gasteiger partial charge in [-0.1, -0.05) is 12.1 Å². The van der Waals surface area contributed by atoms with Crippen LogP contribution in [0.4, 0.5) is 0 Å². The molecule has 0 amide bonds. The molecule has 0 atom stereocenters. The molecule has 0 radical (unpaired) electrons. The van der Waals surface area contributed by atoms with E-state index in [0.717, 1.165) is 11.1 Å². The van der Waals surface area contributed by atoms with Crippen LogP contribution < -0.4 is 0 Å². The molecule has 0 aromatic heterocycles. The molecular formula is C12H11NO2. The molecule has 1 aromatic carbocycles. The summed E-state index contributed by atoms with van der Waals surface area (Å²) in [6.45, 7) is 1.84. The van der Waals surface area contributed by atoms with Crippen molar-refractivity contribution in [3.63, 3.8) is 0 Å². The molecule has 0 heterocycles. The van der Waals surface area contributed by atoms with Gasteiger partial charge in [0.05, 0.1) is 18.7 Å². The Labute approximate surface area is 88.6 Å². The molecule has 1 rings (SSSR count). The number of hydrogen-bond donors (Lipinski definition) is 0. The predicted molar refractivity (Wildman–Crippen MR) is 56.9 cm³/mol. The monoisotopic (exact) mass is 201 g/mol. The van der Waals surface area contributed by atoms with Crippen molar-refractivity contribution in [3.05, 3.63) is 41.0 Å². The number of nitriles is 1. The molecule has 0 aliphatic rings. The Morgan fingerprint density at radius 2 is 2.27 bits per heavy atom. The Balaban J connectivity index is 3.02. The minimum Gasteiger partial charge on any atom is -0.466 e. The molecule has 0 saturated carbocycles. The maximum Gasteiger partial charge on any atom is 0.330 e. The fourth-order valence-electron chi connectivity index (χ4n) is 1.18. The quantitative estimate of drug-likeness (QED) is 0.543. The lowest BCUT2D eigenvalue weighted by Crippen LogP contribution is -1.94. The second kappa shape index (κ2) is 4.97. The highest BCUT2D eigenvalue weighted by Gasteiger charge is 2.00. The normalized spacial score (nSPS) is 9.93. The van der Waals surface area contributed by atoms with Gasteiger partial charge in [-0.15, -0.1) is 0 Å². The number of esters is 1. The highest BCUT2D eigenvalue weighted by Crippen LogP contribution is 2.14. The Kier molecular flexibility index (Phi) is 3.64. The standard InChI is InChI=1S/C12H11NO2/c1-9-10(6-7-12(14)15-2)4-3-5-11(9)8-13/h3-7H,1-2H3. The third kappa shape index (κ3) is 2.68. The van der Waals surface area contributed by atoms with E-state index in [1.807, 2.05) is 13.0 Å². The van der Waals surface area contributed by atoms with Crippen LogP contribution in [0.15, 0.2) is 24.3 Å². The minimum absolute atomic E-state index is 0.406. The summed E-state index contributed by atoms with van der Waals surface area (Å²) in [5, 5.41) is 8.80. The largest absolute Gasteiger partial charge is 0.466 e. The highest BCUT2D eigenvalue weighted by molar-refractivity contribution is 5.87. The van der Waals surface area contributed by atoms with Crippen LogP contribution in [-0.2, 0) is 9.53 Å². The second-order valence-electron chi connectivity index (χ2n) is 2.99. The van der Waals surface area contributed by atoms with E-state index in [2.05, 4.69) is 10.8 Å². The van der Waals surface area contributed by atoms with Crippen molar-refractivity contribution in [2.45, 2.75) is 6.92 Å². The molecule has 76 valence electrons. The lowest BCUT2D eigenvalue weighted by atomic mass is 10.0. The Morgan fingerprint density at radius 3 is 2.87 bits per heavy atom. The van der Waals surface area contributed by atoms with E-state index in [0.29, 0.717) is 5.56 Å². The van der Waals surface area contributed by atoms with Gasteiger partial charge in [0.2, 0.25) is 0 Å². The van der Waals surface area contributed by atoms with Crippen molar-refractivity contribution in [2.24, 2.45) is 0 Å². The van der Waals surface area contributed by atoms with E-state index in [-0.39, 0.29) is 0 Å². The first-order chi connectivity index (χ1) is 7.19. The summed E-state index contributed by atoms with van der Waals surface area (Å²) in [6.07, 6.45) is 2.98. The number of benzene rings is 1. The van der Waals surface area contributed by atoms with Crippen molar-refractivity contribution in [2.75, 3.05) is 7.11 Å². The molecule has 0 aliphatic carbocycles. The molecule has 0 fully saturated rings. The minimum atomic E-state index is -0.406. The summed E-state index contributed by atoms with van der Waals surface area (Å²) in [6, 6.07) is 7.45. The van der Waals surface area contributed by atoms with Gasteiger partial charge in [-0.2, -0.15) is 5.26 Å². The van der Waals surface area contributed by atoms with Crippen LogP contribution in [-0.4, -0.2) is 13.1 Å². The van der Waals surface area contributed by atoms with Gasteiger partial charge < -0.3 is 4.74 Å². The van der Waals surface area contributed by atoms with Gasteiger partial charge in [0.25, 0.3) is 0 Å². The summed E-state index contributed by atoms with van der Waals surface area (Å²) >= 11 is 0. The van der Waals surface area contributed by atoms with E-state index in [4.69, 9.17) is 5.26 Å². The summed E-state index contributed by atoms with van der Waals surface area (Å²) in [5.41, 5.74) is 2.32. The number of hydrogen-bond acceptors (Lipinski definition) is 3. The fourth-order valence-corrected chi connectivity index (χ4v) is 1.18. The summed E-state index contributed by atoms with van der Waals surface area (Å²) in [5.74, 6) is -0.406. The molecular weight excluding hydrogens is 190 g/mol. The zero-order valence-corrected chi connectivity index (χ0v) is 8.65. The van der Waals surface area contributed by atoms with Crippen molar-refractivity contribution >= 4 is 12.0 Å². The van der Waals surface area contributed by atoms with Gasteiger partial charge in [-0.3, -0.25) is 0 Å². The number of rotatable bonds is 2. The Hall–Kier alpha value is -2.08. The average Bonchev–Trinajstić information content (AvgIpc) is 2.27. The summed E-state index contributed by atoms with van der Waals surface area (Å²) < 4.78 is 4.48. The molecule has 0 saturated heterocycles. The molecule has 3 heteroatoms. The third-order valence-electron chi connectivity index (χ3n) is 2.10. The highest BCUT2D eigenvalue weighted by atomic mass is 16.5. The van der Waals surface area contributed by atoms with E-state index in [9.17, 15) is 4.79 Å². The molecule has 3 nitrogen and oxygen atoms in total. The van der Waals surface area contributed by atoms with Crippen LogP contribution in [0.1, 0.15) is 16.7 Å². The van der Waals surface area contributed by atoms with E-state index < -0.39 is 5.97 Å². The van der Waals surface area contributed by atoms with Gasteiger partial charge >= 0.3 is 5.97 Å². The first kappa shape index (κ1) is 11.0. The number of ether oxygens (including phenoxy) is 1. The first-order valence-electron chi connectivity index (χ1n) is 4.44. The van der Waals surface area contributed by atoms with Crippen LogP contribution in [0, 0.1) is 18.3 Å². The van der Waals surface area contributed by atoms with Gasteiger partial charge in [0.15, 0.2) is 0 Å². The zero-order chi connectivity index (χ0) is 11.3. The molecule has 15 heavy (non-hydrogen) atoms. The SMILES string of the molecule is COC(=O)C=Cc1cccc(C#N)c1C. The molecule has 0 aliphatic heterocycles. The lowest BCUT2D eigenvalue weighted by molar-refractivity contribution is -0.134. The molecule has 0 N–H and O–H groups in total. The first-order valence-corrected chi connectivity index (χ1v) is 4.44. The van der Waals surface area contributed by atoms with Crippen LogP contribution >= 0.6 is 0 Å². The van der Waals surface area contributed by atoms with Crippen molar-refractivity contribution < 1.29 is 9.53 Å². The zero-order valence-electron chi connectivity index (χ0n) is 8.65. The van der Waals surface area contributed by atoms with E-state index >= 15 is 0 Å². The molecule has 0 unspecified atom stereocenters. The van der Waals surface area contributed by atoms with Crippen LogP contribution in [0.25, 0.3) is 6.08 Å². The van der Waals surface area contributed by atoms with Crippen molar-refractivity contribution in [1.29, 1.82) is 5.26 Å². The molecule has 1 aromatic rings. The summed E-state index contributed by atoms with van der Waals surface area (Å²) in [7, 11) is 1.32. The van der Waals surface area contributed by atoms with E-state index in [1.54, 1.807) is 18.2 Å².